The van der Waals surface area contributed by atoms with Crippen LogP contribution in [-0.4, -0.2) is 81.7 Å². The Bertz CT molecular complexity index is 1820. The Labute approximate surface area is 307 Å². The zero-order valence-corrected chi connectivity index (χ0v) is 31.8. The summed E-state index contributed by atoms with van der Waals surface area (Å²) in [6.07, 6.45) is 5.14. The molecule has 2 aromatic rings. The molecule has 5 aliphatic rings. The highest BCUT2D eigenvalue weighted by Crippen LogP contribution is 2.59. The summed E-state index contributed by atoms with van der Waals surface area (Å²) in [7, 11) is 0. The van der Waals surface area contributed by atoms with Gasteiger partial charge in [-0.1, -0.05) is 45.2 Å². The summed E-state index contributed by atoms with van der Waals surface area (Å²) in [4.78, 5) is 37.7. The summed E-state index contributed by atoms with van der Waals surface area (Å²) in [5.41, 5.74) is 1.66. The minimum atomic E-state index is -0.464. The Morgan fingerprint density at radius 1 is 1.02 bits per heavy atom. The number of fused-ring (bicyclic) bond motifs is 1. The van der Waals surface area contributed by atoms with Gasteiger partial charge in [-0.15, -0.1) is 0 Å². The first-order chi connectivity index (χ1) is 24.0. The van der Waals surface area contributed by atoms with Crippen LogP contribution in [0.2, 0.25) is 5.02 Å². The molecule has 10 heteroatoms. The lowest BCUT2D eigenvalue weighted by Gasteiger charge is -2.65. The molecule has 0 N–H and O–H groups in total. The van der Waals surface area contributed by atoms with Crippen molar-refractivity contribution in [1.82, 2.24) is 19.7 Å². The third kappa shape index (κ3) is 6.57. The van der Waals surface area contributed by atoms with Gasteiger partial charge in [0.25, 0.3) is 5.91 Å². The third-order valence-corrected chi connectivity index (χ3v) is 12.3. The highest BCUT2D eigenvalue weighted by molar-refractivity contribution is 6.31. The number of hydrogen-bond donors (Lipinski definition) is 0. The molecule has 1 spiro atoms. The second kappa shape index (κ2) is 12.7. The predicted octanol–water partition coefficient (Wildman–Crippen LogP) is 7.30. The summed E-state index contributed by atoms with van der Waals surface area (Å²) in [6.45, 7) is 18.5. The van der Waals surface area contributed by atoms with Crippen molar-refractivity contribution in [2.75, 3.05) is 26.2 Å². The van der Waals surface area contributed by atoms with E-state index >= 15 is 0 Å². The van der Waals surface area contributed by atoms with E-state index in [0.29, 0.717) is 40.4 Å². The van der Waals surface area contributed by atoms with Gasteiger partial charge in [0.1, 0.15) is 29.2 Å². The Hall–Kier alpha value is -3.79. The maximum absolute atomic E-state index is 13.7. The lowest BCUT2D eigenvalue weighted by atomic mass is 9.49. The van der Waals surface area contributed by atoms with Gasteiger partial charge in [0.05, 0.1) is 28.4 Å². The molecule has 2 saturated carbocycles. The average Bonchev–Trinajstić information content (AvgIpc) is 3.63. The van der Waals surface area contributed by atoms with Gasteiger partial charge in [0, 0.05) is 66.5 Å². The standard InChI is InChI=1S/C41H50ClN5O4/c1-38(2,3)51-37(49)45-19-18-41(23-45)24-46(25-41)29-14-9-26(10-15-29)8-12-28-13-17-31-33(44-28)22-47(34(31)48)35-39(4,5)36(40(35,6)7)50-30-16-11-27(21-43)32(42)20-30/h11,13,16-17,20,26,29,35-36H,9-10,14-15,18-19,22-25H2,1-7H3/t26?,29?,35-,36-. The van der Waals surface area contributed by atoms with Crippen LogP contribution in [-0.2, 0) is 11.3 Å². The van der Waals surface area contributed by atoms with E-state index in [-0.39, 0.29) is 40.4 Å². The number of pyridine rings is 1. The van der Waals surface area contributed by atoms with Crippen molar-refractivity contribution in [1.29, 1.82) is 5.26 Å². The Balaban J connectivity index is 0.920. The molecule has 3 aliphatic heterocycles. The number of rotatable bonds is 4. The van der Waals surface area contributed by atoms with Crippen LogP contribution in [0.15, 0.2) is 30.3 Å². The largest absolute Gasteiger partial charge is 0.489 e. The highest BCUT2D eigenvalue weighted by atomic mass is 35.5. The molecule has 9 nitrogen and oxygen atoms in total. The van der Waals surface area contributed by atoms with Crippen molar-refractivity contribution in [2.45, 2.75) is 111 Å². The van der Waals surface area contributed by atoms with Crippen LogP contribution >= 0.6 is 11.6 Å². The zero-order valence-electron chi connectivity index (χ0n) is 31.0. The summed E-state index contributed by atoms with van der Waals surface area (Å²) in [5.74, 6) is 7.83. The van der Waals surface area contributed by atoms with Gasteiger partial charge in [0.2, 0.25) is 0 Å². The van der Waals surface area contributed by atoms with Crippen LogP contribution in [0.3, 0.4) is 0 Å². The Morgan fingerprint density at radius 3 is 2.37 bits per heavy atom. The first-order valence-electron chi connectivity index (χ1n) is 18.4. The fraction of sp³-hybridized carbons (Fsp3) is 0.610. The van der Waals surface area contributed by atoms with Crippen LogP contribution < -0.4 is 4.74 Å². The highest BCUT2D eigenvalue weighted by Gasteiger charge is 2.67. The van der Waals surface area contributed by atoms with E-state index in [9.17, 15) is 14.9 Å². The molecule has 2 amide bonds. The number of carbonyl (C=O) groups is 2. The molecule has 4 fully saturated rings. The van der Waals surface area contributed by atoms with Gasteiger partial charge in [-0.2, -0.15) is 5.26 Å². The van der Waals surface area contributed by atoms with Crippen LogP contribution in [0, 0.1) is 45.3 Å². The number of aromatic nitrogens is 1. The normalized spacial score (nSPS) is 27.5. The molecule has 270 valence electrons. The first-order valence-corrected chi connectivity index (χ1v) is 18.8. The maximum atomic E-state index is 13.7. The molecular formula is C41H50ClN5O4. The molecule has 0 bridgehead atoms. The van der Waals surface area contributed by atoms with E-state index in [1.165, 1.54) is 0 Å². The first kappa shape index (κ1) is 35.6. The summed E-state index contributed by atoms with van der Waals surface area (Å²) < 4.78 is 12.1. The van der Waals surface area contributed by atoms with Crippen molar-refractivity contribution in [2.24, 2.45) is 22.2 Å². The van der Waals surface area contributed by atoms with Gasteiger partial charge in [-0.25, -0.2) is 9.78 Å². The molecule has 2 aliphatic carbocycles. The number of nitriles is 1. The second-order valence-electron chi connectivity index (χ2n) is 17.8. The average molecular weight is 712 g/mol. The lowest BCUT2D eigenvalue weighted by Crippen LogP contribution is -2.74. The van der Waals surface area contributed by atoms with Crippen LogP contribution in [0.4, 0.5) is 4.79 Å². The molecule has 0 unspecified atom stereocenters. The van der Waals surface area contributed by atoms with Gasteiger partial charge in [-0.3, -0.25) is 9.69 Å². The number of carbonyl (C=O) groups excluding carboxylic acids is 2. The minimum Gasteiger partial charge on any atom is -0.489 e. The van der Waals surface area contributed by atoms with E-state index in [1.54, 1.807) is 18.2 Å². The molecule has 51 heavy (non-hydrogen) atoms. The molecular weight excluding hydrogens is 662 g/mol. The Morgan fingerprint density at radius 2 is 1.73 bits per heavy atom. The fourth-order valence-electron chi connectivity index (χ4n) is 10.0. The van der Waals surface area contributed by atoms with Gasteiger partial charge in [-0.05, 0) is 83.1 Å². The van der Waals surface area contributed by atoms with E-state index in [0.717, 1.165) is 69.7 Å². The second-order valence-corrected chi connectivity index (χ2v) is 18.2. The van der Waals surface area contributed by atoms with Gasteiger partial charge >= 0.3 is 6.09 Å². The van der Waals surface area contributed by atoms with E-state index in [2.05, 4.69) is 50.5 Å². The van der Waals surface area contributed by atoms with Gasteiger partial charge in [0.15, 0.2) is 0 Å². The van der Waals surface area contributed by atoms with Gasteiger partial charge < -0.3 is 19.3 Å². The number of nitrogens with zero attached hydrogens (tertiary/aromatic N) is 5. The number of ether oxygens (including phenoxy) is 2. The molecule has 7 rings (SSSR count). The zero-order chi connectivity index (χ0) is 36.5. The van der Waals surface area contributed by atoms with E-state index in [4.69, 9.17) is 26.1 Å². The fourth-order valence-corrected chi connectivity index (χ4v) is 10.2. The van der Waals surface area contributed by atoms with Crippen molar-refractivity contribution in [3.63, 3.8) is 0 Å². The molecule has 0 radical (unpaired) electrons. The number of halogens is 1. The molecule has 1 aromatic heterocycles. The minimum absolute atomic E-state index is 0.00396. The summed E-state index contributed by atoms with van der Waals surface area (Å²) in [5, 5.41) is 9.60. The number of likely N-dealkylation sites (tertiary alicyclic amines) is 2. The summed E-state index contributed by atoms with van der Waals surface area (Å²) in [6, 6.07) is 11.5. The molecule has 2 saturated heterocycles. The van der Waals surface area contributed by atoms with Crippen LogP contribution in [0.25, 0.3) is 0 Å². The maximum Gasteiger partial charge on any atom is 0.410 e. The molecule has 0 atom stereocenters. The quantitative estimate of drug-likeness (QED) is 0.307. The topological polar surface area (TPSA) is 99.0 Å². The third-order valence-electron chi connectivity index (χ3n) is 12.0. The SMILES string of the molecule is CC(C)(C)OC(=O)N1CCC2(C1)CN(C1CCC(C#Cc3ccc4c(n3)CN([C@H]3C(C)(C)[C@H](Oc5ccc(C#N)c(Cl)c5)C3(C)C)C4=O)CC1)C2. The number of amides is 2. The monoisotopic (exact) mass is 711 g/mol. The van der Waals surface area contributed by atoms with E-state index < -0.39 is 5.60 Å². The smallest absolute Gasteiger partial charge is 0.410 e. The predicted molar refractivity (Wildman–Crippen MR) is 195 cm³/mol. The number of benzene rings is 1. The lowest BCUT2D eigenvalue weighted by molar-refractivity contribution is -0.199. The number of hydrogen-bond acceptors (Lipinski definition) is 7. The molecule has 1 aromatic carbocycles. The van der Waals surface area contributed by atoms with Crippen molar-refractivity contribution in [3.05, 3.63) is 57.9 Å². The molecule has 4 heterocycles. The van der Waals surface area contributed by atoms with E-state index in [1.807, 2.05) is 42.7 Å². The summed E-state index contributed by atoms with van der Waals surface area (Å²) >= 11 is 6.28. The van der Waals surface area contributed by atoms with Crippen LogP contribution in [0.5, 0.6) is 5.75 Å². The van der Waals surface area contributed by atoms with Crippen molar-refractivity contribution < 1.29 is 19.1 Å². The van der Waals surface area contributed by atoms with Crippen LogP contribution in [0.1, 0.15) is 108 Å². The Kier molecular flexibility index (Phi) is 8.87. The van der Waals surface area contributed by atoms with Crippen molar-refractivity contribution in [3.8, 4) is 23.7 Å². The van der Waals surface area contributed by atoms with Crippen molar-refractivity contribution >= 4 is 23.6 Å².